The fourth-order valence-electron chi connectivity index (χ4n) is 2.22. The van der Waals surface area contributed by atoms with E-state index in [1.165, 1.54) is 12.1 Å². The van der Waals surface area contributed by atoms with Gasteiger partial charge >= 0.3 is 0 Å². The molecule has 0 aromatic heterocycles. The number of rotatable bonds is 5. The molecule has 2 rings (SSSR count). The number of benzene rings is 1. The van der Waals surface area contributed by atoms with Crippen molar-refractivity contribution in [2.75, 3.05) is 39.3 Å². The van der Waals surface area contributed by atoms with Crippen LogP contribution < -0.4 is 0 Å². The minimum absolute atomic E-state index is 0.00918. The van der Waals surface area contributed by atoms with E-state index in [1.807, 2.05) is 0 Å². The maximum absolute atomic E-state index is 12.0. The number of β-amino-alcohol motifs (C(OH)–C–C–N with tert-alkyl or cyclic N) is 1. The molecule has 1 fully saturated rings. The van der Waals surface area contributed by atoms with Crippen LogP contribution in [0.15, 0.2) is 36.5 Å². The van der Waals surface area contributed by atoms with Gasteiger partial charge in [-0.15, -0.1) is 0 Å². The van der Waals surface area contributed by atoms with Gasteiger partial charge in [0.2, 0.25) is 0 Å². The molecule has 0 spiro atoms. The smallest absolute Gasteiger partial charge is 0.190 e. The van der Waals surface area contributed by atoms with Crippen LogP contribution in [0.1, 0.15) is 10.4 Å². The Balaban J connectivity index is 1.88. The van der Waals surface area contributed by atoms with Gasteiger partial charge in [0.25, 0.3) is 0 Å². The standard InChI is InChI=1S/C15H20N2O3/c18-12-11-17-9-7-16(8-10-17)6-5-15(20)13-3-1-2-4-14(13)19/h1-6,18-19H,7-12H2/b6-5+. The van der Waals surface area contributed by atoms with E-state index in [0.717, 1.165) is 26.2 Å². The zero-order chi connectivity index (χ0) is 14.4. The van der Waals surface area contributed by atoms with Crippen LogP contribution in [-0.2, 0) is 0 Å². The van der Waals surface area contributed by atoms with Crippen molar-refractivity contribution in [1.29, 1.82) is 0 Å². The van der Waals surface area contributed by atoms with Crippen molar-refractivity contribution in [1.82, 2.24) is 9.80 Å². The van der Waals surface area contributed by atoms with Crippen LogP contribution in [0.25, 0.3) is 0 Å². The molecule has 5 heteroatoms. The topological polar surface area (TPSA) is 64.0 Å². The molecule has 1 aliphatic heterocycles. The fraction of sp³-hybridized carbons (Fsp3) is 0.400. The Morgan fingerprint density at radius 3 is 2.55 bits per heavy atom. The largest absolute Gasteiger partial charge is 0.507 e. The Morgan fingerprint density at radius 1 is 1.20 bits per heavy atom. The van der Waals surface area contributed by atoms with Gasteiger partial charge in [0.15, 0.2) is 5.78 Å². The Morgan fingerprint density at radius 2 is 1.90 bits per heavy atom. The van der Waals surface area contributed by atoms with Gasteiger partial charge in [0.05, 0.1) is 12.2 Å². The van der Waals surface area contributed by atoms with Crippen LogP contribution >= 0.6 is 0 Å². The molecule has 20 heavy (non-hydrogen) atoms. The lowest BCUT2D eigenvalue weighted by Gasteiger charge is -2.33. The molecule has 0 amide bonds. The molecule has 0 bridgehead atoms. The number of hydrogen-bond donors (Lipinski definition) is 2. The number of piperazine rings is 1. The molecule has 0 unspecified atom stereocenters. The van der Waals surface area contributed by atoms with Gasteiger partial charge in [0.1, 0.15) is 5.75 Å². The number of aromatic hydroxyl groups is 1. The van der Waals surface area contributed by atoms with Crippen molar-refractivity contribution in [2.45, 2.75) is 0 Å². The molecule has 2 N–H and O–H groups in total. The Hall–Kier alpha value is -1.85. The average molecular weight is 276 g/mol. The first kappa shape index (κ1) is 14.6. The van der Waals surface area contributed by atoms with Gasteiger partial charge in [-0.2, -0.15) is 0 Å². The van der Waals surface area contributed by atoms with E-state index in [4.69, 9.17) is 5.11 Å². The maximum Gasteiger partial charge on any atom is 0.190 e. The number of hydrogen-bond acceptors (Lipinski definition) is 5. The Bertz CT molecular complexity index is 480. The number of allylic oxidation sites excluding steroid dienone is 1. The first-order chi connectivity index (χ1) is 9.70. The fourth-order valence-corrected chi connectivity index (χ4v) is 2.22. The minimum atomic E-state index is -0.194. The van der Waals surface area contributed by atoms with Crippen LogP contribution in [0.4, 0.5) is 0 Å². The molecule has 0 atom stereocenters. The van der Waals surface area contributed by atoms with Gasteiger partial charge in [-0.05, 0) is 12.1 Å². The molecular weight excluding hydrogens is 256 g/mol. The van der Waals surface area contributed by atoms with Gasteiger partial charge in [-0.1, -0.05) is 12.1 Å². The van der Waals surface area contributed by atoms with Crippen molar-refractivity contribution in [3.8, 4) is 5.75 Å². The highest BCUT2D eigenvalue weighted by Crippen LogP contribution is 2.16. The number of para-hydroxylation sites is 1. The first-order valence-corrected chi connectivity index (χ1v) is 6.78. The van der Waals surface area contributed by atoms with Crippen LogP contribution in [0.5, 0.6) is 5.75 Å². The molecule has 1 aromatic rings. The van der Waals surface area contributed by atoms with Crippen molar-refractivity contribution in [3.05, 3.63) is 42.1 Å². The van der Waals surface area contributed by atoms with E-state index in [2.05, 4.69) is 9.80 Å². The van der Waals surface area contributed by atoms with Crippen LogP contribution in [-0.4, -0.2) is 65.1 Å². The highest BCUT2D eigenvalue weighted by atomic mass is 16.3. The van der Waals surface area contributed by atoms with E-state index in [-0.39, 0.29) is 18.1 Å². The van der Waals surface area contributed by atoms with Crippen LogP contribution in [0, 0.1) is 0 Å². The van der Waals surface area contributed by atoms with E-state index in [1.54, 1.807) is 24.4 Å². The molecular formula is C15H20N2O3. The SMILES string of the molecule is O=C(/C=C/N1CCN(CCO)CC1)c1ccccc1O. The third kappa shape index (κ3) is 3.82. The summed E-state index contributed by atoms with van der Waals surface area (Å²) in [6.07, 6.45) is 3.28. The molecule has 1 aliphatic rings. The summed E-state index contributed by atoms with van der Waals surface area (Å²) in [5, 5.41) is 18.5. The number of nitrogens with zero attached hydrogens (tertiary/aromatic N) is 2. The number of aliphatic hydroxyl groups is 1. The maximum atomic E-state index is 12.0. The number of carbonyl (C=O) groups is 1. The third-order valence-corrected chi connectivity index (χ3v) is 3.43. The van der Waals surface area contributed by atoms with Crippen molar-refractivity contribution >= 4 is 5.78 Å². The summed E-state index contributed by atoms with van der Waals surface area (Å²) in [5.74, 6) is -0.184. The second-order valence-electron chi connectivity index (χ2n) is 4.80. The minimum Gasteiger partial charge on any atom is -0.507 e. The van der Waals surface area contributed by atoms with Crippen LogP contribution in [0.2, 0.25) is 0 Å². The molecule has 1 saturated heterocycles. The molecule has 108 valence electrons. The third-order valence-electron chi connectivity index (χ3n) is 3.43. The number of carbonyl (C=O) groups excluding carboxylic acids is 1. The van der Waals surface area contributed by atoms with Crippen molar-refractivity contribution in [3.63, 3.8) is 0 Å². The number of phenolic OH excluding ortho intramolecular Hbond substituents is 1. The summed E-state index contributed by atoms with van der Waals surface area (Å²) in [6, 6.07) is 6.54. The zero-order valence-corrected chi connectivity index (χ0v) is 11.4. The number of aliphatic hydroxyl groups excluding tert-OH is 1. The molecule has 0 radical (unpaired) electrons. The monoisotopic (exact) mass is 276 g/mol. The van der Waals surface area contributed by atoms with Gasteiger partial charge in [0, 0.05) is 45.0 Å². The summed E-state index contributed by atoms with van der Waals surface area (Å²) in [4.78, 5) is 16.2. The average Bonchev–Trinajstić information content (AvgIpc) is 2.47. The molecule has 0 saturated carbocycles. The van der Waals surface area contributed by atoms with Crippen LogP contribution in [0.3, 0.4) is 0 Å². The lowest BCUT2D eigenvalue weighted by Crippen LogP contribution is -2.44. The van der Waals surface area contributed by atoms with Gasteiger partial charge in [-0.25, -0.2) is 0 Å². The predicted octanol–water partition coefficient (Wildman–Crippen LogP) is 0.698. The van der Waals surface area contributed by atoms with Gasteiger partial charge in [-0.3, -0.25) is 9.69 Å². The zero-order valence-electron chi connectivity index (χ0n) is 11.4. The van der Waals surface area contributed by atoms with E-state index < -0.39 is 0 Å². The summed E-state index contributed by atoms with van der Waals surface area (Å²) < 4.78 is 0. The van der Waals surface area contributed by atoms with Crippen molar-refractivity contribution in [2.24, 2.45) is 0 Å². The second kappa shape index (κ2) is 7.07. The quantitative estimate of drug-likeness (QED) is 0.612. The van der Waals surface area contributed by atoms with E-state index in [9.17, 15) is 9.90 Å². The Kier molecular flexibility index (Phi) is 5.15. The van der Waals surface area contributed by atoms with Crippen molar-refractivity contribution < 1.29 is 15.0 Å². The normalized spacial score (nSPS) is 16.8. The second-order valence-corrected chi connectivity index (χ2v) is 4.80. The molecule has 0 aliphatic carbocycles. The predicted molar refractivity (Wildman–Crippen MR) is 76.7 cm³/mol. The Labute approximate surface area is 118 Å². The van der Waals surface area contributed by atoms with E-state index >= 15 is 0 Å². The first-order valence-electron chi connectivity index (χ1n) is 6.78. The van der Waals surface area contributed by atoms with Gasteiger partial charge < -0.3 is 15.1 Å². The highest BCUT2D eigenvalue weighted by molar-refractivity contribution is 6.06. The summed E-state index contributed by atoms with van der Waals surface area (Å²) in [5.41, 5.74) is 0.322. The number of ketones is 1. The lowest BCUT2D eigenvalue weighted by atomic mass is 10.1. The molecule has 5 nitrogen and oxygen atoms in total. The molecule has 1 aromatic carbocycles. The number of phenols is 1. The molecule has 1 heterocycles. The highest BCUT2D eigenvalue weighted by Gasteiger charge is 2.14. The summed E-state index contributed by atoms with van der Waals surface area (Å²) in [6.45, 7) is 4.33. The lowest BCUT2D eigenvalue weighted by molar-refractivity contribution is 0.104. The van der Waals surface area contributed by atoms with E-state index in [0.29, 0.717) is 12.1 Å². The summed E-state index contributed by atoms with van der Waals surface area (Å²) >= 11 is 0. The summed E-state index contributed by atoms with van der Waals surface area (Å²) in [7, 11) is 0.